The number of pyridine rings is 1. The standard InChI is InChI=1S/C13H16N4O2/c1-2-3-4-5-17-12-8(6-15-17)11(14)10-9(16-12)7-19-13(10)18/h6H,2-5,7H2,1H3,(H2,14,16). The number of aromatic nitrogens is 3. The number of unbranched alkanes of at least 4 members (excludes halogenated alkanes) is 2. The van der Waals surface area contributed by atoms with Crippen LogP contribution in [0.2, 0.25) is 0 Å². The van der Waals surface area contributed by atoms with Gasteiger partial charge < -0.3 is 10.5 Å². The zero-order valence-electron chi connectivity index (χ0n) is 10.8. The predicted molar refractivity (Wildman–Crippen MR) is 70.6 cm³/mol. The van der Waals surface area contributed by atoms with Gasteiger partial charge in [-0.05, 0) is 6.42 Å². The minimum Gasteiger partial charge on any atom is -0.455 e. The Morgan fingerprint density at radius 2 is 2.32 bits per heavy atom. The summed E-state index contributed by atoms with van der Waals surface area (Å²) in [6, 6.07) is 0. The van der Waals surface area contributed by atoms with Gasteiger partial charge in [-0.3, -0.25) is 0 Å². The average Bonchev–Trinajstić information content (AvgIpc) is 2.96. The highest BCUT2D eigenvalue weighted by molar-refractivity contribution is 6.05. The van der Waals surface area contributed by atoms with Crippen LogP contribution in [0.25, 0.3) is 11.0 Å². The van der Waals surface area contributed by atoms with Crippen molar-refractivity contribution < 1.29 is 9.53 Å². The summed E-state index contributed by atoms with van der Waals surface area (Å²) in [5.74, 6) is -0.388. The molecule has 2 aromatic rings. The van der Waals surface area contributed by atoms with Crippen LogP contribution < -0.4 is 5.73 Å². The summed E-state index contributed by atoms with van der Waals surface area (Å²) in [5.41, 5.74) is 8.23. The molecule has 0 amide bonds. The SMILES string of the molecule is CCCCCn1ncc2c(N)c3c(nc21)COC3=O. The molecule has 0 unspecified atom stereocenters. The second-order valence-electron chi connectivity index (χ2n) is 4.74. The zero-order valence-corrected chi connectivity index (χ0v) is 10.8. The van der Waals surface area contributed by atoms with Gasteiger partial charge in [-0.1, -0.05) is 19.8 Å². The average molecular weight is 260 g/mol. The van der Waals surface area contributed by atoms with Gasteiger partial charge in [0, 0.05) is 6.54 Å². The number of nitrogens with two attached hydrogens (primary N) is 1. The lowest BCUT2D eigenvalue weighted by Gasteiger charge is -2.04. The van der Waals surface area contributed by atoms with E-state index in [-0.39, 0.29) is 12.6 Å². The van der Waals surface area contributed by atoms with Crippen molar-refractivity contribution in [3.8, 4) is 0 Å². The number of rotatable bonds is 4. The highest BCUT2D eigenvalue weighted by Crippen LogP contribution is 2.30. The van der Waals surface area contributed by atoms with Crippen molar-refractivity contribution in [2.24, 2.45) is 0 Å². The maximum atomic E-state index is 11.6. The molecule has 0 radical (unpaired) electrons. The normalized spacial score (nSPS) is 13.8. The molecule has 1 aliphatic rings. The second-order valence-corrected chi connectivity index (χ2v) is 4.74. The third-order valence-electron chi connectivity index (χ3n) is 3.42. The van der Waals surface area contributed by atoms with Gasteiger partial charge in [-0.15, -0.1) is 0 Å². The number of carbonyl (C=O) groups is 1. The van der Waals surface area contributed by atoms with Gasteiger partial charge in [0.2, 0.25) is 0 Å². The van der Waals surface area contributed by atoms with Gasteiger partial charge in [0.1, 0.15) is 12.2 Å². The van der Waals surface area contributed by atoms with E-state index in [1.807, 2.05) is 4.68 Å². The molecule has 0 spiro atoms. The van der Waals surface area contributed by atoms with Crippen molar-refractivity contribution in [1.82, 2.24) is 14.8 Å². The van der Waals surface area contributed by atoms with E-state index in [0.29, 0.717) is 16.9 Å². The van der Waals surface area contributed by atoms with Gasteiger partial charge in [0.15, 0.2) is 5.65 Å². The van der Waals surface area contributed by atoms with E-state index in [0.717, 1.165) is 36.8 Å². The molecule has 0 atom stereocenters. The van der Waals surface area contributed by atoms with E-state index >= 15 is 0 Å². The lowest BCUT2D eigenvalue weighted by Crippen LogP contribution is -2.05. The monoisotopic (exact) mass is 260 g/mol. The quantitative estimate of drug-likeness (QED) is 0.670. The first-order valence-corrected chi connectivity index (χ1v) is 6.53. The molecule has 3 heterocycles. The Kier molecular flexibility index (Phi) is 2.85. The van der Waals surface area contributed by atoms with Crippen molar-refractivity contribution in [2.75, 3.05) is 5.73 Å². The Morgan fingerprint density at radius 1 is 1.47 bits per heavy atom. The Balaban J connectivity index is 2.05. The number of fused-ring (bicyclic) bond motifs is 2. The number of aryl methyl sites for hydroxylation is 1. The molecule has 100 valence electrons. The highest BCUT2D eigenvalue weighted by Gasteiger charge is 2.28. The summed E-state index contributed by atoms with van der Waals surface area (Å²) in [6.07, 6.45) is 5.05. The van der Waals surface area contributed by atoms with Gasteiger partial charge in [-0.25, -0.2) is 14.5 Å². The van der Waals surface area contributed by atoms with Crippen LogP contribution in [0.15, 0.2) is 6.20 Å². The number of esters is 1. The Labute approximate surface area is 110 Å². The first-order valence-electron chi connectivity index (χ1n) is 6.53. The largest absolute Gasteiger partial charge is 0.455 e. The lowest BCUT2D eigenvalue weighted by molar-refractivity contribution is 0.0534. The predicted octanol–water partition coefficient (Wildman–Crippen LogP) is 1.87. The van der Waals surface area contributed by atoms with Gasteiger partial charge >= 0.3 is 5.97 Å². The van der Waals surface area contributed by atoms with Crippen LogP contribution >= 0.6 is 0 Å². The molecular weight excluding hydrogens is 244 g/mol. The van der Waals surface area contributed by atoms with Gasteiger partial charge in [0.05, 0.1) is 23.0 Å². The topological polar surface area (TPSA) is 83.0 Å². The van der Waals surface area contributed by atoms with Crippen molar-refractivity contribution >= 4 is 22.7 Å². The molecule has 1 aliphatic heterocycles. The molecule has 0 saturated carbocycles. The molecule has 6 heteroatoms. The lowest BCUT2D eigenvalue weighted by atomic mass is 10.1. The molecule has 0 bridgehead atoms. The number of nitrogens with zero attached hydrogens (tertiary/aromatic N) is 3. The molecule has 6 nitrogen and oxygen atoms in total. The fourth-order valence-electron chi connectivity index (χ4n) is 2.37. The van der Waals surface area contributed by atoms with Crippen LogP contribution in [-0.2, 0) is 17.9 Å². The molecule has 0 aliphatic carbocycles. The van der Waals surface area contributed by atoms with Crippen molar-refractivity contribution in [3.05, 3.63) is 17.5 Å². The number of hydrogen-bond donors (Lipinski definition) is 1. The number of anilines is 1. The molecule has 3 rings (SSSR count). The van der Waals surface area contributed by atoms with Gasteiger partial charge in [-0.2, -0.15) is 5.10 Å². The molecule has 19 heavy (non-hydrogen) atoms. The molecular formula is C13H16N4O2. The fourth-order valence-corrected chi connectivity index (χ4v) is 2.37. The Morgan fingerprint density at radius 3 is 3.11 bits per heavy atom. The minimum absolute atomic E-state index is 0.203. The first kappa shape index (κ1) is 12.0. The smallest absolute Gasteiger partial charge is 0.342 e. The summed E-state index contributed by atoms with van der Waals surface area (Å²) >= 11 is 0. The van der Waals surface area contributed by atoms with Crippen LogP contribution in [0, 0.1) is 0 Å². The summed E-state index contributed by atoms with van der Waals surface area (Å²) in [5, 5.41) is 5.05. The summed E-state index contributed by atoms with van der Waals surface area (Å²) in [4.78, 5) is 16.1. The number of carbonyl (C=O) groups excluding carboxylic acids is 1. The Bertz CT molecular complexity index is 648. The number of ether oxygens (including phenoxy) is 1. The van der Waals surface area contributed by atoms with Gasteiger partial charge in [0.25, 0.3) is 0 Å². The van der Waals surface area contributed by atoms with E-state index in [4.69, 9.17) is 10.5 Å². The third-order valence-corrected chi connectivity index (χ3v) is 3.42. The summed E-state index contributed by atoms with van der Waals surface area (Å²) < 4.78 is 6.82. The molecule has 2 N–H and O–H groups in total. The summed E-state index contributed by atoms with van der Waals surface area (Å²) in [6.45, 7) is 3.18. The number of nitrogen functional groups attached to an aromatic ring is 1. The minimum atomic E-state index is -0.388. The van der Waals surface area contributed by atoms with Crippen LogP contribution in [0.5, 0.6) is 0 Å². The van der Waals surface area contributed by atoms with E-state index < -0.39 is 0 Å². The number of cyclic esters (lactones) is 1. The maximum Gasteiger partial charge on any atom is 0.342 e. The van der Waals surface area contributed by atoms with Crippen molar-refractivity contribution in [3.63, 3.8) is 0 Å². The van der Waals surface area contributed by atoms with E-state index in [1.165, 1.54) is 0 Å². The van der Waals surface area contributed by atoms with E-state index in [2.05, 4.69) is 17.0 Å². The fraction of sp³-hybridized carbons (Fsp3) is 0.462. The van der Waals surface area contributed by atoms with Crippen LogP contribution in [0.1, 0.15) is 42.2 Å². The molecule has 2 aromatic heterocycles. The van der Waals surface area contributed by atoms with Crippen LogP contribution in [0.3, 0.4) is 0 Å². The first-order chi connectivity index (χ1) is 9.22. The summed E-state index contributed by atoms with van der Waals surface area (Å²) in [7, 11) is 0. The van der Waals surface area contributed by atoms with Crippen LogP contribution in [0.4, 0.5) is 5.69 Å². The maximum absolute atomic E-state index is 11.6. The second kappa shape index (κ2) is 4.53. The van der Waals surface area contributed by atoms with Crippen LogP contribution in [-0.4, -0.2) is 20.7 Å². The Hall–Kier alpha value is -2.11. The van der Waals surface area contributed by atoms with E-state index in [1.54, 1.807) is 6.20 Å². The molecule has 0 aromatic carbocycles. The zero-order chi connectivity index (χ0) is 13.4. The molecule has 0 fully saturated rings. The van der Waals surface area contributed by atoms with Crippen molar-refractivity contribution in [2.45, 2.75) is 39.3 Å². The van der Waals surface area contributed by atoms with Crippen molar-refractivity contribution in [1.29, 1.82) is 0 Å². The number of hydrogen-bond acceptors (Lipinski definition) is 5. The third kappa shape index (κ3) is 1.83. The van der Waals surface area contributed by atoms with E-state index in [9.17, 15) is 4.79 Å². The molecule has 0 saturated heterocycles. The highest BCUT2D eigenvalue weighted by atomic mass is 16.5.